The molecule has 2 N–H and O–H groups in total. The van der Waals surface area contributed by atoms with Crippen molar-refractivity contribution in [2.75, 3.05) is 6.54 Å². The van der Waals surface area contributed by atoms with Crippen molar-refractivity contribution in [3.8, 4) is 0 Å². The van der Waals surface area contributed by atoms with Crippen LogP contribution in [0.3, 0.4) is 0 Å². The Labute approximate surface area is 99.3 Å². The second-order valence-corrected chi connectivity index (χ2v) is 3.94. The summed E-state index contributed by atoms with van der Waals surface area (Å²) in [4.78, 5) is 16.1. The van der Waals surface area contributed by atoms with E-state index in [9.17, 15) is 4.79 Å². The SMILES string of the molecule is CC(O)CNC(=O)c1cccc2cccnc12. The van der Waals surface area contributed by atoms with Crippen LogP contribution in [-0.2, 0) is 0 Å². The van der Waals surface area contributed by atoms with Crippen LogP contribution in [0.15, 0.2) is 36.5 Å². The van der Waals surface area contributed by atoms with E-state index >= 15 is 0 Å². The van der Waals surface area contributed by atoms with Gasteiger partial charge in [-0.1, -0.05) is 18.2 Å². The van der Waals surface area contributed by atoms with Gasteiger partial charge in [-0.25, -0.2) is 0 Å². The van der Waals surface area contributed by atoms with E-state index in [4.69, 9.17) is 5.11 Å². The van der Waals surface area contributed by atoms with Gasteiger partial charge in [0.05, 0.1) is 17.2 Å². The molecule has 17 heavy (non-hydrogen) atoms. The Morgan fingerprint density at radius 3 is 2.94 bits per heavy atom. The Morgan fingerprint density at radius 1 is 1.41 bits per heavy atom. The topological polar surface area (TPSA) is 62.2 Å². The molecule has 1 aromatic heterocycles. The highest BCUT2D eigenvalue weighted by Crippen LogP contribution is 2.15. The molecular formula is C13H14N2O2. The number of carbonyl (C=O) groups excluding carboxylic acids is 1. The molecule has 1 unspecified atom stereocenters. The third-order valence-electron chi connectivity index (χ3n) is 2.44. The Hall–Kier alpha value is -1.94. The normalized spacial score (nSPS) is 12.4. The fraction of sp³-hybridized carbons (Fsp3) is 0.231. The lowest BCUT2D eigenvalue weighted by Crippen LogP contribution is -2.30. The third-order valence-corrected chi connectivity index (χ3v) is 2.44. The van der Waals surface area contributed by atoms with Crippen LogP contribution < -0.4 is 5.32 Å². The van der Waals surface area contributed by atoms with E-state index in [0.717, 1.165) is 5.39 Å². The molecule has 88 valence electrons. The highest BCUT2D eigenvalue weighted by atomic mass is 16.3. The van der Waals surface area contributed by atoms with Gasteiger partial charge >= 0.3 is 0 Å². The largest absolute Gasteiger partial charge is 0.392 e. The van der Waals surface area contributed by atoms with Crippen molar-refractivity contribution in [1.82, 2.24) is 10.3 Å². The number of amides is 1. The number of nitrogens with zero attached hydrogens (tertiary/aromatic N) is 1. The number of aliphatic hydroxyl groups excluding tert-OH is 1. The summed E-state index contributed by atoms with van der Waals surface area (Å²) in [5.41, 5.74) is 1.21. The van der Waals surface area contributed by atoms with Gasteiger partial charge in [-0.15, -0.1) is 0 Å². The van der Waals surface area contributed by atoms with Gasteiger partial charge in [0.15, 0.2) is 0 Å². The molecule has 1 aromatic carbocycles. The predicted molar refractivity (Wildman–Crippen MR) is 65.8 cm³/mol. The molecule has 0 saturated heterocycles. The molecule has 0 aliphatic heterocycles. The Kier molecular flexibility index (Phi) is 3.35. The molecule has 4 nitrogen and oxygen atoms in total. The molecule has 2 rings (SSSR count). The quantitative estimate of drug-likeness (QED) is 0.836. The molecule has 4 heteroatoms. The summed E-state index contributed by atoms with van der Waals surface area (Å²) in [6, 6.07) is 9.20. The van der Waals surface area contributed by atoms with Crippen molar-refractivity contribution >= 4 is 16.8 Å². The summed E-state index contributed by atoms with van der Waals surface area (Å²) >= 11 is 0. The van der Waals surface area contributed by atoms with E-state index in [1.165, 1.54) is 0 Å². The minimum atomic E-state index is -0.554. The average molecular weight is 230 g/mol. The van der Waals surface area contributed by atoms with Crippen molar-refractivity contribution in [2.45, 2.75) is 13.0 Å². The Morgan fingerprint density at radius 2 is 2.18 bits per heavy atom. The second-order valence-electron chi connectivity index (χ2n) is 3.94. The lowest BCUT2D eigenvalue weighted by atomic mass is 10.1. The third kappa shape index (κ3) is 2.60. The first-order valence-corrected chi connectivity index (χ1v) is 5.48. The van der Waals surface area contributed by atoms with Gasteiger partial charge in [0.25, 0.3) is 5.91 Å². The van der Waals surface area contributed by atoms with Crippen molar-refractivity contribution < 1.29 is 9.90 Å². The van der Waals surface area contributed by atoms with E-state index in [1.54, 1.807) is 19.2 Å². The van der Waals surface area contributed by atoms with Crippen LogP contribution in [0.25, 0.3) is 10.9 Å². The van der Waals surface area contributed by atoms with E-state index in [0.29, 0.717) is 11.1 Å². The minimum absolute atomic E-state index is 0.213. The molecule has 2 aromatic rings. The van der Waals surface area contributed by atoms with Crippen LogP contribution in [0.4, 0.5) is 0 Å². The van der Waals surface area contributed by atoms with Crippen LogP contribution in [-0.4, -0.2) is 28.6 Å². The summed E-state index contributed by atoms with van der Waals surface area (Å²) in [6.07, 6.45) is 1.11. The number of rotatable bonds is 3. The number of pyridine rings is 1. The zero-order valence-electron chi connectivity index (χ0n) is 9.55. The van der Waals surface area contributed by atoms with E-state index in [1.807, 2.05) is 24.3 Å². The van der Waals surface area contributed by atoms with Crippen LogP contribution in [0.2, 0.25) is 0 Å². The van der Waals surface area contributed by atoms with Crippen LogP contribution in [0, 0.1) is 0 Å². The number of benzene rings is 1. The van der Waals surface area contributed by atoms with Gasteiger partial charge in [0.1, 0.15) is 0 Å². The second kappa shape index (κ2) is 4.93. The number of hydrogen-bond acceptors (Lipinski definition) is 3. The van der Waals surface area contributed by atoms with E-state index in [-0.39, 0.29) is 12.5 Å². The minimum Gasteiger partial charge on any atom is -0.392 e. The fourth-order valence-electron chi connectivity index (χ4n) is 1.62. The average Bonchev–Trinajstić information content (AvgIpc) is 2.35. The van der Waals surface area contributed by atoms with Gasteiger partial charge in [0.2, 0.25) is 0 Å². The highest BCUT2D eigenvalue weighted by Gasteiger charge is 2.10. The molecule has 0 aliphatic carbocycles. The number of fused-ring (bicyclic) bond motifs is 1. The summed E-state index contributed by atoms with van der Waals surface area (Å²) in [5.74, 6) is -0.213. The maximum Gasteiger partial charge on any atom is 0.253 e. The van der Waals surface area contributed by atoms with Crippen LogP contribution >= 0.6 is 0 Å². The molecule has 0 radical (unpaired) electrons. The molecule has 0 saturated carbocycles. The lowest BCUT2D eigenvalue weighted by Gasteiger charge is -2.08. The fourth-order valence-corrected chi connectivity index (χ4v) is 1.62. The standard InChI is InChI=1S/C13H14N2O2/c1-9(16)8-15-13(17)11-6-2-4-10-5-3-7-14-12(10)11/h2-7,9,16H,8H2,1H3,(H,15,17). The molecular weight excluding hydrogens is 216 g/mol. The van der Waals surface area contributed by atoms with Crippen molar-refractivity contribution in [2.24, 2.45) is 0 Å². The Balaban J connectivity index is 2.32. The molecule has 0 fully saturated rings. The van der Waals surface area contributed by atoms with Crippen LogP contribution in [0.1, 0.15) is 17.3 Å². The van der Waals surface area contributed by atoms with Gasteiger partial charge < -0.3 is 10.4 Å². The first kappa shape index (κ1) is 11.5. The number of aliphatic hydroxyl groups is 1. The van der Waals surface area contributed by atoms with Gasteiger partial charge in [-0.05, 0) is 19.1 Å². The van der Waals surface area contributed by atoms with E-state index < -0.39 is 6.10 Å². The van der Waals surface area contributed by atoms with Crippen LogP contribution in [0.5, 0.6) is 0 Å². The molecule has 1 atom stereocenters. The Bertz CT molecular complexity index is 532. The lowest BCUT2D eigenvalue weighted by molar-refractivity contribution is 0.0925. The molecule has 1 heterocycles. The number of hydrogen-bond donors (Lipinski definition) is 2. The summed E-state index contributed by atoms with van der Waals surface area (Å²) < 4.78 is 0. The first-order valence-electron chi connectivity index (χ1n) is 5.48. The summed E-state index contributed by atoms with van der Waals surface area (Å²) in [7, 11) is 0. The number of nitrogens with one attached hydrogen (secondary N) is 1. The zero-order chi connectivity index (χ0) is 12.3. The van der Waals surface area contributed by atoms with Gasteiger partial charge in [-0.2, -0.15) is 0 Å². The van der Waals surface area contributed by atoms with E-state index in [2.05, 4.69) is 10.3 Å². The number of para-hydroxylation sites is 1. The first-order chi connectivity index (χ1) is 8.18. The smallest absolute Gasteiger partial charge is 0.253 e. The summed E-state index contributed by atoms with van der Waals surface area (Å²) in [5, 5.41) is 12.7. The highest BCUT2D eigenvalue weighted by molar-refractivity contribution is 6.05. The van der Waals surface area contributed by atoms with Crippen molar-refractivity contribution in [3.63, 3.8) is 0 Å². The maximum absolute atomic E-state index is 11.9. The molecule has 0 spiro atoms. The monoisotopic (exact) mass is 230 g/mol. The molecule has 0 aliphatic rings. The number of aromatic nitrogens is 1. The maximum atomic E-state index is 11.9. The predicted octanol–water partition coefficient (Wildman–Crippen LogP) is 1.35. The van der Waals surface area contributed by atoms with Gasteiger partial charge in [-0.3, -0.25) is 9.78 Å². The number of carbonyl (C=O) groups is 1. The zero-order valence-corrected chi connectivity index (χ0v) is 9.55. The molecule has 0 bridgehead atoms. The molecule has 1 amide bonds. The van der Waals surface area contributed by atoms with Crippen molar-refractivity contribution in [1.29, 1.82) is 0 Å². The van der Waals surface area contributed by atoms with Gasteiger partial charge in [0, 0.05) is 18.1 Å². The summed E-state index contributed by atoms with van der Waals surface area (Å²) in [6.45, 7) is 1.86. The van der Waals surface area contributed by atoms with Crippen molar-refractivity contribution in [3.05, 3.63) is 42.1 Å².